The molecule has 136 valence electrons. The first-order valence-corrected chi connectivity index (χ1v) is 8.04. The van der Waals surface area contributed by atoms with Gasteiger partial charge in [0.1, 0.15) is 0 Å². The summed E-state index contributed by atoms with van der Waals surface area (Å²) in [7, 11) is 0. The zero-order valence-electron chi connectivity index (χ0n) is 13.1. The van der Waals surface area contributed by atoms with Crippen molar-refractivity contribution >= 4 is 0 Å². The molecule has 2 rings (SSSR count). The first-order chi connectivity index (χ1) is 11.3. The SMILES string of the molecule is FCCCC1CCC(c2ccc(OC(F)(F)C(F)F)c(F)c2)CC1. The lowest BCUT2D eigenvalue weighted by molar-refractivity contribution is -0.254. The number of alkyl halides is 5. The standard InChI is InChI=1S/C17H20F6O/c18-9-1-2-11-3-5-12(6-4-11)13-7-8-15(14(19)10-13)24-17(22,23)16(20)21/h7-8,10-12,16H,1-6,9H2. The van der Waals surface area contributed by atoms with Crippen LogP contribution in [-0.4, -0.2) is 19.2 Å². The number of rotatable bonds is 7. The molecule has 1 saturated carbocycles. The molecule has 24 heavy (non-hydrogen) atoms. The fraction of sp³-hybridized carbons (Fsp3) is 0.647. The summed E-state index contributed by atoms with van der Waals surface area (Å²) in [4.78, 5) is 0. The zero-order chi connectivity index (χ0) is 17.7. The summed E-state index contributed by atoms with van der Waals surface area (Å²) >= 11 is 0. The molecule has 1 aliphatic rings. The first kappa shape index (κ1) is 18.9. The van der Waals surface area contributed by atoms with Crippen molar-refractivity contribution in [2.75, 3.05) is 6.67 Å². The van der Waals surface area contributed by atoms with E-state index in [-0.39, 0.29) is 12.6 Å². The average molecular weight is 354 g/mol. The van der Waals surface area contributed by atoms with E-state index in [0.29, 0.717) is 17.9 Å². The fourth-order valence-corrected chi connectivity index (χ4v) is 3.20. The van der Waals surface area contributed by atoms with Crippen LogP contribution in [0.4, 0.5) is 26.3 Å². The third kappa shape index (κ3) is 4.80. The van der Waals surface area contributed by atoms with Gasteiger partial charge in [-0.2, -0.15) is 17.6 Å². The van der Waals surface area contributed by atoms with Crippen molar-refractivity contribution in [1.29, 1.82) is 0 Å². The van der Waals surface area contributed by atoms with Gasteiger partial charge in [0.25, 0.3) is 0 Å². The third-order valence-corrected chi connectivity index (χ3v) is 4.52. The van der Waals surface area contributed by atoms with Gasteiger partial charge < -0.3 is 4.74 Å². The summed E-state index contributed by atoms with van der Waals surface area (Å²) < 4.78 is 79.8. The Hall–Kier alpha value is -1.40. The zero-order valence-corrected chi connectivity index (χ0v) is 13.1. The Balaban J connectivity index is 1.98. The maximum Gasteiger partial charge on any atom is 0.461 e. The molecular weight excluding hydrogens is 334 g/mol. The van der Waals surface area contributed by atoms with Crippen molar-refractivity contribution in [2.24, 2.45) is 5.92 Å². The van der Waals surface area contributed by atoms with E-state index in [2.05, 4.69) is 4.74 Å². The van der Waals surface area contributed by atoms with Gasteiger partial charge in [-0.15, -0.1) is 0 Å². The quantitative estimate of drug-likeness (QED) is 0.539. The lowest BCUT2D eigenvalue weighted by Gasteiger charge is -2.29. The second-order valence-corrected chi connectivity index (χ2v) is 6.20. The minimum atomic E-state index is -4.73. The summed E-state index contributed by atoms with van der Waals surface area (Å²) in [5.74, 6) is -1.41. The molecular formula is C17H20F6O. The molecule has 1 aromatic rings. The van der Waals surface area contributed by atoms with Gasteiger partial charge in [0, 0.05) is 0 Å². The molecule has 1 aromatic carbocycles. The predicted octanol–water partition coefficient (Wildman–Crippen LogP) is 6.09. The normalized spacial score (nSPS) is 22.0. The van der Waals surface area contributed by atoms with Crippen LogP contribution < -0.4 is 4.74 Å². The summed E-state index contributed by atoms with van der Waals surface area (Å²) in [5.41, 5.74) is 0.643. The minimum absolute atomic E-state index is 0.0887. The average Bonchev–Trinajstić information content (AvgIpc) is 2.55. The molecule has 1 fully saturated rings. The van der Waals surface area contributed by atoms with Crippen LogP contribution in [-0.2, 0) is 0 Å². The largest absolute Gasteiger partial charge is 0.461 e. The molecule has 0 heterocycles. The second-order valence-electron chi connectivity index (χ2n) is 6.20. The maximum absolute atomic E-state index is 13.9. The Bertz CT molecular complexity index is 526. The number of hydrogen-bond donors (Lipinski definition) is 0. The van der Waals surface area contributed by atoms with Crippen LogP contribution >= 0.6 is 0 Å². The van der Waals surface area contributed by atoms with Gasteiger partial charge in [-0.3, -0.25) is 4.39 Å². The van der Waals surface area contributed by atoms with Crippen LogP contribution in [0.1, 0.15) is 50.0 Å². The van der Waals surface area contributed by atoms with E-state index in [9.17, 15) is 26.3 Å². The van der Waals surface area contributed by atoms with Gasteiger partial charge in [-0.1, -0.05) is 6.07 Å². The number of hydrogen-bond acceptors (Lipinski definition) is 1. The lowest BCUT2D eigenvalue weighted by Crippen LogP contribution is -2.33. The van der Waals surface area contributed by atoms with E-state index in [0.717, 1.165) is 44.2 Å². The highest BCUT2D eigenvalue weighted by atomic mass is 19.3. The van der Waals surface area contributed by atoms with Crippen LogP contribution in [0.3, 0.4) is 0 Å². The van der Waals surface area contributed by atoms with Gasteiger partial charge >= 0.3 is 12.5 Å². The van der Waals surface area contributed by atoms with Gasteiger partial charge in [-0.25, -0.2) is 4.39 Å². The molecule has 1 aliphatic carbocycles. The molecule has 0 bridgehead atoms. The Labute approximate surface area is 137 Å². The summed E-state index contributed by atoms with van der Waals surface area (Å²) in [6.45, 7) is -0.324. The van der Waals surface area contributed by atoms with Crippen LogP contribution in [0.15, 0.2) is 18.2 Å². The first-order valence-electron chi connectivity index (χ1n) is 8.04. The van der Waals surface area contributed by atoms with E-state index in [4.69, 9.17) is 0 Å². The maximum atomic E-state index is 13.9. The molecule has 7 heteroatoms. The van der Waals surface area contributed by atoms with E-state index < -0.39 is 24.1 Å². The van der Waals surface area contributed by atoms with Crippen LogP contribution in [0.5, 0.6) is 5.75 Å². The molecule has 0 atom stereocenters. The molecule has 0 aliphatic heterocycles. The van der Waals surface area contributed by atoms with E-state index in [1.807, 2.05) is 0 Å². The third-order valence-electron chi connectivity index (χ3n) is 4.52. The van der Waals surface area contributed by atoms with Crippen molar-refractivity contribution < 1.29 is 31.1 Å². The van der Waals surface area contributed by atoms with Crippen LogP contribution in [0.2, 0.25) is 0 Å². The summed E-state index contributed by atoms with van der Waals surface area (Å²) in [6, 6.07) is 3.48. The van der Waals surface area contributed by atoms with Crippen molar-refractivity contribution in [1.82, 2.24) is 0 Å². The molecule has 1 nitrogen and oxygen atoms in total. The van der Waals surface area contributed by atoms with Gasteiger partial charge in [0.15, 0.2) is 11.6 Å². The van der Waals surface area contributed by atoms with E-state index in [1.165, 1.54) is 6.07 Å². The molecule has 0 aromatic heterocycles. The van der Waals surface area contributed by atoms with Gasteiger partial charge in [0.2, 0.25) is 0 Å². The highest BCUT2D eigenvalue weighted by Gasteiger charge is 2.44. The van der Waals surface area contributed by atoms with Crippen LogP contribution in [0.25, 0.3) is 0 Å². The molecule has 0 N–H and O–H groups in total. The monoisotopic (exact) mass is 354 g/mol. The Morgan fingerprint density at radius 1 is 1.12 bits per heavy atom. The molecule has 0 saturated heterocycles. The van der Waals surface area contributed by atoms with E-state index in [1.54, 1.807) is 0 Å². The van der Waals surface area contributed by atoms with Gasteiger partial charge in [-0.05, 0) is 68.1 Å². The van der Waals surface area contributed by atoms with Crippen molar-refractivity contribution in [3.05, 3.63) is 29.6 Å². The molecule has 0 amide bonds. The Morgan fingerprint density at radius 3 is 2.33 bits per heavy atom. The number of halogens is 6. The van der Waals surface area contributed by atoms with Gasteiger partial charge in [0.05, 0.1) is 6.67 Å². The number of ether oxygens (including phenoxy) is 1. The van der Waals surface area contributed by atoms with Crippen LogP contribution in [0, 0.1) is 11.7 Å². The smallest absolute Gasteiger partial charge is 0.425 e. The minimum Gasteiger partial charge on any atom is -0.425 e. The Morgan fingerprint density at radius 2 is 1.79 bits per heavy atom. The predicted molar refractivity (Wildman–Crippen MR) is 77.9 cm³/mol. The highest BCUT2D eigenvalue weighted by molar-refractivity contribution is 5.32. The van der Waals surface area contributed by atoms with Crippen molar-refractivity contribution in [3.8, 4) is 5.75 Å². The molecule has 0 radical (unpaired) electrons. The Kier molecular flexibility index (Phi) is 6.40. The molecule has 0 spiro atoms. The van der Waals surface area contributed by atoms with Crippen molar-refractivity contribution in [2.45, 2.75) is 57.0 Å². The lowest BCUT2D eigenvalue weighted by atomic mass is 9.77. The van der Waals surface area contributed by atoms with Crippen molar-refractivity contribution in [3.63, 3.8) is 0 Å². The highest BCUT2D eigenvalue weighted by Crippen LogP contribution is 2.39. The summed E-state index contributed by atoms with van der Waals surface area (Å²) in [6.07, 6.45) is -3.93. The topological polar surface area (TPSA) is 9.23 Å². The number of benzene rings is 1. The van der Waals surface area contributed by atoms with E-state index >= 15 is 0 Å². The molecule has 0 unspecified atom stereocenters. The second kappa shape index (κ2) is 8.12. The fourth-order valence-electron chi connectivity index (χ4n) is 3.20. The summed E-state index contributed by atoms with van der Waals surface area (Å²) in [5, 5.41) is 0.